The molecule has 0 bridgehead atoms. The summed E-state index contributed by atoms with van der Waals surface area (Å²) < 4.78 is 7.04. The Hall–Kier alpha value is -2.55. The van der Waals surface area contributed by atoms with Crippen LogP contribution in [0.2, 0.25) is 0 Å². The Labute approximate surface area is 159 Å². The minimum absolute atomic E-state index is 0.211. The lowest BCUT2D eigenvalue weighted by Gasteiger charge is -2.21. The van der Waals surface area contributed by atoms with E-state index < -0.39 is 0 Å². The van der Waals surface area contributed by atoms with Crippen molar-refractivity contribution in [3.05, 3.63) is 47.4 Å². The molecular weight excluding hydrogens is 362 g/mol. The van der Waals surface area contributed by atoms with Gasteiger partial charge in [0.1, 0.15) is 23.8 Å². The lowest BCUT2D eigenvalue weighted by atomic mass is 9.88. The summed E-state index contributed by atoms with van der Waals surface area (Å²) in [5.74, 6) is 1.30. The zero-order chi connectivity index (χ0) is 18.2. The predicted molar refractivity (Wildman–Crippen MR) is 104 cm³/mol. The number of aryl methyl sites for hydroxylation is 1. The van der Waals surface area contributed by atoms with Crippen LogP contribution in [-0.2, 0) is 17.6 Å². The van der Waals surface area contributed by atoms with Gasteiger partial charge >= 0.3 is 0 Å². The number of hydrogen-bond donors (Lipinski definition) is 2. The number of pyridine rings is 1. The van der Waals surface area contributed by atoms with Gasteiger partial charge in [0.15, 0.2) is 0 Å². The number of thiophene rings is 1. The summed E-state index contributed by atoms with van der Waals surface area (Å²) in [6, 6.07) is 6.03. The summed E-state index contributed by atoms with van der Waals surface area (Å²) in [4.78, 5) is 11.4. The lowest BCUT2D eigenvalue weighted by molar-refractivity contribution is -0.0190. The van der Waals surface area contributed by atoms with Crippen molar-refractivity contribution in [3.8, 4) is 0 Å². The number of nitrogens with zero attached hydrogens (tertiary/aromatic N) is 4. The van der Waals surface area contributed by atoms with E-state index in [0.717, 1.165) is 46.5 Å². The second-order valence-corrected chi connectivity index (χ2v) is 7.84. The molecule has 1 atom stereocenters. The monoisotopic (exact) mass is 381 g/mol. The van der Waals surface area contributed by atoms with E-state index in [1.807, 2.05) is 22.8 Å². The van der Waals surface area contributed by atoms with Crippen LogP contribution in [0.25, 0.3) is 15.7 Å². The molecule has 0 saturated heterocycles. The lowest BCUT2D eigenvalue weighted by Crippen LogP contribution is -2.18. The Balaban J connectivity index is 1.49. The van der Waals surface area contributed by atoms with Crippen LogP contribution >= 0.6 is 11.3 Å². The van der Waals surface area contributed by atoms with Crippen molar-refractivity contribution in [2.24, 2.45) is 5.92 Å². The first-order chi connectivity index (χ1) is 13.3. The molecule has 0 spiro atoms. The van der Waals surface area contributed by atoms with Crippen LogP contribution in [0.4, 0.5) is 11.5 Å². The number of aliphatic hydroxyl groups excluding tert-OH is 1. The average Bonchev–Trinajstić information content (AvgIpc) is 3.30. The molecule has 0 aromatic carbocycles. The van der Waals surface area contributed by atoms with Crippen LogP contribution in [0.15, 0.2) is 36.9 Å². The third-order valence-corrected chi connectivity index (χ3v) is 6.22. The normalized spacial score (nSPS) is 16.7. The minimum atomic E-state index is -0.211. The van der Waals surface area contributed by atoms with Crippen molar-refractivity contribution in [1.82, 2.24) is 19.6 Å². The Morgan fingerprint density at radius 2 is 2.30 bits per heavy atom. The number of rotatable bonds is 5. The maximum absolute atomic E-state index is 8.88. The highest BCUT2D eigenvalue weighted by Crippen LogP contribution is 2.40. The molecule has 2 N–H and O–H groups in total. The summed E-state index contributed by atoms with van der Waals surface area (Å²) in [5.41, 5.74) is 3.36. The number of anilines is 2. The van der Waals surface area contributed by atoms with Gasteiger partial charge in [-0.05, 0) is 48.9 Å². The quantitative estimate of drug-likeness (QED) is 0.517. The molecule has 0 radical (unpaired) electrons. The molecule has 0 amide bonds. The van der Waals surface area contributed by atoms with Gasteiger partial charge < -0.3 is 15.2 Å². The van der Waals surface area contributed by atoms with Gasteiger partial charge in [0.2, 0.25) is 0 Å². The van der Waals surface area contributed by atoms with E-state index in [9.17, 15) is 0 Å². The molecule has 0 unspecified atom stereocenters. The fourth-order valence-corrected chi connectivity index (χ4v) is 5.07. The van der Waals surface area contributed by atoms with Crippen LogP contribution in [0.3, 0.4) is 0 Å². The third kappa shape index (κ3) is 3.05. The molecule has 4 heterocycles. The van der Waals surface area contributed by atoms with E-state index in [1.165, 1.54) is 10.4 Å². The van der Waals surface area contributed by atoms with E-state index in [2.05, 4.69) is 26.4 Å². The standard InChI is InChI=1S/C19H19N5O2S/c25-11-26-9-12-1-2-15-16(7-12)27-19-17(15)18(20-10-21-19)23-13-4-6-24-14(8-13)3-5-22-24/h3-6,8,10,12,25H,1-2,7,9,11H2,(H,20,21,23)/t12-/m0/s1. The number of aromatic nitrogens is 4. The fraction of sp³-hybridized carbons (Fsp3) is 0.316. The molecule has 138 valence electrons. The van der Waals surface area contributed by atoms with Crippen LogP contribution in [-0.4, -0.2) is 38.1 Å². The van der Waals surface area contributed by atoms with Crippen LogP contribution in [0.1, 0.15) is 16.9 Å². The number of fused-ring (bicyclic) bond motifs is 4. The Morgan fingerprint density at radius 3 is 3.22 bits per heavy atom. The Bertz CT molecular complexity index is 1110. The fourth-order valence-electron chi connectivity index (χ4n) is 3.77. The highest BCUT2D eigenvalue weighted by Gasteiger charge is 2.25. The zero-order valence-electron chi connectivity index (χ0n) is 14.6. The van der Waals surface area contributed by atoms with Gasteiger partial charge in [-0.15, -0.1) is 11.3 Å². The summed E-state index contributed by atoms with van der Waals surface area (Å²) in [6.07, 6.45) is 8.35. The molecule has 0 fully saturated rings. The maximum atomic E-state index is 8.88. The first kappa shape index (κ1) is 16.6. The largest absolute Gasteiger partial charge is 0.371 e. The van der Waals surface area contributed by atoms with Crippen LogP contribution < -0.4 is 5.32 Å². The van der Waals surface area contributed by atoms with E-state index >= 15 is 0 Å². The van der Waals surface area contributed by atoms with Gasteiger partial charge in [-0.1, -0.05) is 0 Å². The summed E-state index contributed by atoms with van der Waals surface area (Å²) in [6.45, 7) is 0.392. The molecule has 7 nitrogen and oxygen atoms in total. The van der Waals surface area contributed by atoms with E-state index in [1.54, 1.807) is 23.9 Å². The molecule has 4 aromatic rings. The second kappa shape index (κ2) is 6.88. The van der Waals surface area contributed by atoms with Gasteiger partial charge in [0.25, 0.3) is 0 Å². The smallest absolute Gasteiger partial charge is 0.143 e. The molecular formula is C19H19N5O2S. The van der Waals surface area contributed by atoms with Gasteiger partial charge in [-0.2, -0.15) is 5.10 Å². The average molecular weight is 381 g/mol. The van der Waals surface area contributed by atoms with Crippen molar-refractivity contribution < 1.29 is 9.84 Å². The molecule has 5 rings (SSSR count). The topological polar surface area (TPSA) is 84.6 Å². The van der Waals surface area contributed by atoms with Gasteiger partial charge in [0, 0.05) is 23.0 Å². The number of aliphatic hydroxyl groups is 1. The highest BCUT2D eigenvalue weighted by molar-refractivity contribution is 7.19. The molecule has 1 aliphatic rings. The molecule has 8 heteroatoms. The SMILES string of the molecule is OCOC[C@H]1CCc2c(sc3ncnc(Nc4ccn5nccc5c4)c23)C1. The van der Waals surface area contributed by atoms with Crippen molar-refractivity contribution in [2.75, 3.05) is 18.7 Å². The molecule has 0 aliphatic heterocycles. The Morgan fingerprint density at radius 1 is 1.33 bits per heavy atom. The van der Waals surface area contributed by atoms with E-state index in [4.69, 9.17) is 9.84 Å². The van der Waals surface area contributed by atoms with Crippen molar-refractivity contribution in [2.45, 2.75) is 19.3 Å². The zero-order valence-corrected chi connectivity index (χ0v) is 15.4. The first-order valence-electron chi connectivity index (χ1n) is 8.96. The highest BCUT2D eigenvalue weighted by atomic mass is 32.1. The van der Waals surface area contributed by atoms with Crippen LogP contribution in [0.5, 0.6) is 0 Å². The van der Waals surface area contributed by atoms with Gasteiger partial charge in [-0.25, -0.2) is 14.5 Å². The predicted octanol–water partition coefficient (Wildman–Crippen LogP) is 3.15. The maximum Gasteiger partial charge on any atom is 0.143 e. The molecule has 0 saturated carbocycles. The third-order valence-electron chi connectivity index (χ3n) is 5.05. The second-order valence-electron chi connectivity index (χ2n) is 6.76. The van der Waals surface area contributed by atoms with Crippen molar-refractivity contribution in [1.29, 1.82) is 0 Å². The van der Waals surface area contributed by atoms with Gasteiger partial charge in [0.05, 0.1) is 17.5 Å². The Kier molecular flexibility index (Phi) is 4.23. The van der Waals surface area contributed by atoms with Gasteiger partial charge in [-0.3, -0.25) is 0 Å². The van der Waals surface area contributed by atoms with E-state index in [0.29, 0.717) is 12.5 Å². The van der Waals surface area contributed by atoms with Crippen molar-refractivity contribution >= 4 is 38.6 Å². The first-order valence-corrected chi connectivity index (χ1v) is 9.78. The summed E-state index contributed by atoms with van der Waals surface area (Å²) >= 11 is 1.74. The molecule has 1 aliphatic carbocycles. The minimum Gasteiger partial charge on any atom is -0.371 e. The van der Waals surface area contributed by atoms with Crippen LogP contribution in [0, 0.1) is 5.92 Å². The molecule has 4 aromatic heterocycles. The van der Waals surface area contributed by atoms with E-state index in [-0.39, 0.29) is 6.79 Å². The number of hydrogen-bond acceptors (Lipinski definition) is 7. The number of nitrogens with one attached hydrogen (secondary N) is 1. The summed E-state index contributed by atoms with van der Waals surface area (Å²) in [5, 5.41) is 17.7. The summed E-state index contributed by atoms with van der Waals surface area (Å²) in [7, 11) is 0. The number of ether oxygens (including phenoxy) is 1. The molecule has 27 heavy (non-hydrogen) atoms. The van der Waals surface area contributed by atoms with Crippen molar-refractivity contribution in [3.63, 3.8) is 0 Å².